The second-order valence-electron chi connectivity index (χ2n) is 5.48. The van der Waals surface area contributed by atoms with Crippen LogP contribution in [0, 0.1) is 18.4 Å². The molecule has 2 nitrogen and oxygen atoms in total. The summed E-state index contributed by atoms with van der Waals surface area (Å²) in [5, 5.41) is 3.22. The zero-order valence-electron chi connectivity index (χ0n) is 10.1. The zero-order chi connectivity index (χ0) is 11.7. The summed E-state index contributed by atoms with van der Waals surface area (Å²) in [5.41, 5.74) is 2.85. The lowest BCUT2D eigenvalue weighted by atomic mass is 9.83. The maximum absolute atomic E-state index is 5.28. The van der Waals surface area contributed by atoms with Crippen molar-refractivity contribution in [3.05, 3.63) is 18.3 Å². The number of nitrogens with zero attached hydrogens (tertiary/aromatic N) is 1. The van der Waals surface area contributed by atoms with Crippen molar-refractivity contribution >= 4 is 0 Å². The van der Waals surface area contributed by atoms with E-state index >= 15 is 0 Å². The van der Waals surface area contributed by atoms with Crippen LogP contribution in [0.3, 0.4) is 0 Å². The van der Waals surface area contributed by atoms with E-state index in [9.17, 15) is 0 Å². The first-order valence-electron chi connectivity index (χ1n) is 6.51. The van der Waals surface area contributed by atoms with Crippen LogP contribution in [0.2, 0.25) is 0 Å². The number of terminal acetylenes is 1. The number of nitrogens with one attached hydrogen (secondary N) is 1. The van der Waals surface area contributed by atoms with Gasteiger partial charge in [-0.25, -0.2) is 0 Å². The fraction of sp³-hybridized carbons (Fsp3) is 0.533. The highest BCUT2D eigenvalue weighted by Gasteiger charge is 2.41. The number of hydrogen-bond donors (Lipinski definition) is 1. The van der Waals surface area contributed by atoms with Crippen LogP contribution >= 0.6 is 0 Å². The lowest BCUT2D eigenvalue weighted by Gasteiger charge is -2.32. The van der Waals surface area contributed by atoms with E-state index in [-0.39, 0.29) is 0 Å². The highest BCUT2D eigenvalue weighted by atomic mass is 15.0. The van der Waals surface area contributed by atoms with E-state index in [2.05, 4.69) is 22.4 Å². The molecule has 1 heterocycles. The van der Waals surface area contributed by atoms with Crippen LogP contribution < -0.4 is 5.32 Å². The summed E-state index contributed by atoms with van der Waals surface area (Å²) in [6, 6.07) is 6.67. The van der Waals surface area contributed by atoms with Crippen LogP contribution in [-0.4, -0.2) is 10.5 Å². The van der Waals surface area contributed by atoms with Crippen molar-refractivity contribution < 1.29 is 0 Å². The van der Waals surface area contributed by atoms with Crippen molar-refractivity contribution in [1.82, 2.24) is 10.3 Å². The van der Waals surface area contributed by atoms with Crippen molar-refractivity contribution in [2.75, 3.05) is 0 Å². The fourth-order valence-corrected chi connectivity index (χ4v) is 3.32. The Labute approximate surface area is 103 Å². The number of rotatable bonds is 1. The first-order chi connectivity index (χ1) is 8.31. The molecule has 0 unspecified atom stereocenters. The summed E-state index contributed by atoms with van der Waals surface area (Å²) >= 11 is 0. The van der Waals surface area contributed by atoms with Crippen LogP contribution in [0.4, 0.5) is 0 Å². The van der Waals surface area contributed by atoms with Crippen LogP contribution in [0.25, 0.3) is 11.3 Å². The van der Waals surface area contributed by atoms with Gasteiger partial charge in [0.1, 0.15) is 0 Å². The Morgan fingerprint density at radius 2 is 2.24 bits per heavy atom. The third kappa shape index (κ3) is 1.91. The number of aromatic nitrogens is 1. The SMILES string of the molecule is C#CN[C@@]12CCC[C@H](CC1)C2.c1cc2ncc1-2. The lowest BCUT2D eigenvalue weighted by Crippen LogP contribution is -2.41. The Balaban J connectivity index is 0.000000125. The van der Waals surface area contributed by atoms with Gasteiger partial charge in [0, 0.05) is 23.3 Å². The molecule has 1 aliphatic heterocycles. The van der Waals surface area contributed by atoms with Crippen LogP contribution in [-0.2, 0) is 0 Å². The predicted octanol–water partition coefficient (Wildman–Crippen LogP) is 2.95. The van der Waals surface area contributed by atoms with E-state index < -0.39 is 0 Å². The van der Waals surface area contributed by atoms with Gasteiger partial charge in [-0.15, -0.1) is 0 Å². The Morgan fingerprint density at radius 3 is 2.76 bits per heavy atom. The third-order valence-corrected chi connectivity index (χ3v) is 4.37. The maximum atomic E-state index is 5.28. The molecule has 2 atom stereocenters. The zero-order valence-corrected chi connectivity index (χ0v) is 10.1. The maximum Gasteiger partial charge on any atom is 0.0717 e. The van der Waals surface area contributed by atoms with E-state index in [1.165, 1.54) is 49.8 Å². The molecule has 0 aromatic rings. The Morgan fingerprint density at radius 1 is 1.35 bits per heavy atom. The molecular formula is C15H18N2. The Hall–Kier alpha value is -1.49. The van der Waals surface area contributed by atoms with Crippen LogP contribution in [0.5, 0.6) is 0 Å². The number of hydrogen-bond acceptors (Lipinski definition) is 2. The van der Waals surface area contributed by atoms with Crippen LogP contribution in [0.15, 0.2) is 18.3 Å². The minimum absolute atomic E-state index is 0.359. The molecule has 2 saturated carbocycles. The quantitative estimate of drug-likeness (QED) is 0.597. The summed E-state index contributed by atoms with van der Waals surface area (Å²) in [7, 11) is 0. The van der Waals surface area contributed by atoms with E-state index in [4.69, 9.17) is 6.42 Å². The second kappa shape index (κ2) is 4.07. The monoisotopic (exact) mass is 226 g/mol. The normalized spacial score (nSPS) is 30.9. The summed E-state index contributed by atoms with van der Waals surface area (Å²) in [4.78, 5) is 3.91. The number of pyridine rings is 1. The van der Waals surface area contributed by atoms with Gasteiger partial charge < -0.3 is 5.32 Å². The van der Waals surface area contributed by atoms with Gasteiger partial charge in [-0.05, 0) is 43.7 Å². The van der Waals surface area contributed by atoms with Gasteiger partial charge in [-0.1, -0.05) is 19.3 Å². The van der Waals surface area contributed by atoms with Crippen LogP contribution in [0.1, 0.15) is 38.5 Å². The van der Waals surface area contributed by atoms with Gasteiger partial charge in [0.15, 0.2) is 0 Å². The van der Waals surface area contributed by atoms with Gasteiger partial charge in [0.05, 0.1) is 5.69 Å². The molecule has 0 spiro atoms. The fourth-order valence-electron chi connectivity index (χ4n) is 3.32. The van der Waals surface area contributed by atoms with Crippen molar-refractivity contribution in [2.24, 2.45) is 5.92 Å². The summed E-state index contributed by atoms with van der Waals surface area (Å²) in [5.74, 6) is 0.976. The molecule has 0 aromatic heterocycles. The first-order valence-corrected chi connectivity index (χ1v) is 6.51. The first kappa shape index (κ1) is 10.7. The number of fused-ring (bicyclic) bond motifs is 3. The van der Waals surface area contributed by atoms with Crippen molar-refractivity contribution in [2.45, 2.75) is 44.1 Å². The average Bonchev–Trinajstić information content (AvgIpc) is 2.60. The molecule has 1 N–H and O–H groups in total. The largest absolute Gasteiger partial charge is 0.340 e. The van der Waals surface area contributed by atoms with Gasteiger partial charge in [-0.2, -0.15) is 0 Å². The lowest BCUT2D eigenvalue weighted by molar-refractivity contribution is 0.277. The predicted molar refractivity (Wildman–Crippen MR) is 69.1 cm³/mol. The molecule has 2 bridgehead atoms. The third-order valence-electron chi connectivity index (χ3n) is 4.37. The molecule has 0 radical (unpaired) electrons. The molecule has 88 valence electrons. The molecule has 0 saturated heterocycles. The summed E-state index contributed by atoms with van der Waals surface area (Å²) < 4.78 is 0. The van der Waals surface area contributed by atoms with Gasteiger partial charge >= 0.3 is 0 Å². The van der Waals surface area contributed by atoms with Gasteiger partial charge in [-0.3, -0.25) is 4.98 Å². The highest BCUT2D eigenvalue weighted by molar-refractivity contribution is 5.68. The Kier molecular flexibility index (Phi) is 2.55. The van der Waals surface area contributed by atoms with E-state index in [0.29, 0.717) is 5.54 Å². The minimum atomic E-state index is 0.359. The molecule has 17 heavy (non-hydrogen) atoms. The molecule has 0 amide bonds. The highest BCUT2D eigenvalue weighted by Crippen LogP contribution is 2.44. The van der Waals surface area contributed by atoms with E-state index in [1.54, 1.807) is 0 Å². The molecule has 2 heteroatoms. The van der Waals surface area contributed by atoms with Crippen molar-refractivity contribution in [1.29, 1.82) is 0 Å². The Bertz CT molecular complexity index is 418. The van der Waals surface area contributed by atoms with E-state index in [1.807, 2.05) is 12.3 Å². The summed E-state index contributed by atoms with van der Waals surface area (Å²) in [6.45, 7) is 0. The molecule has 3 aliphatic carbocycles. The van der Waals surface area contributed by atoms with Crippen molar-refractivity contribution in [3.8, 4) is 23.7 Å². The van der Waals surface area contributed by atoms with Gasteiger partial charge in [0.2, 0.25) is 0 Å². The minimum Gasteiger partial charge on any atom is -0.340 e. The molecule has 0 aromatic carbocycles. The van der Waals surface area contributed by atoms with Gasteiger partial charge in [0.25, 0.3) is 0 Å². The molecule has 4 aliphatic rings. The molecular weight excluding hydrogens is 208 g/mol. The smallest absolute Gasteiger partial charge is 0.0717 e. The molecule has 2 fully saturated rings. The van der Waals surface area contributed by atoms with Crippen molar-refractivity contribution in [3.63, 3.8) is 0 Å². The summed E-state index contributed by atoms with van der Waals surface area (Å²) in [6.07, 6.45) is 15.3. The average molecular weight is 226 g/mol. The second-order valence-corrected chi connectivity index (χ2v) is 5.48. The molecule has 4 rings (SSSR count). The van der Waals surface area contributed by atoms with E-state index in [0.717, 1.165) is 5.92 Å². The standard InChI is InChI=1S/C10H15N.C5H3N/c1-2-11-10-6-3-4-9(8-10)5-7-10;1-2-5-4(1)3-6-5/h1,9,11H,3-8H2;1-3H/t9-,10+;/m1./s1. The topological polar surface area (TPSA) is 24.9 Å².